The molecule has 1 aliphatic rings. The summed E-state index contributed by atoms with van der Waals surface area (Å²) in [5.41, 5.74) is 0.546. The monoisotopic (exact) mass is 248 g/mol. The molecular formula is C12H9ClN2O2. The van der Waals surface area contributed by atoms with Crippen LogP contribution in [-0.2, 0) is 9.59 Å². The number of rotatable bonds is 1. The number of benzene rings is 1. The highest BCUT2D eigenvalue weighted by molar-refractivity contribution is 6.31. The van der Waals surface area contributed by atoms with Crippen molar-refractivity contribution in [1.29, 1.82) is 5.26 Å². The Morgan fingerprint density at radius 3 is 2.71 bits per heavy atom. The van der Waals surface area contributed by atoms with Crippen molar-refractivity contribution in [3.8, 4) is 6.07 Å². The number of halogens is 1. The molecule has 1 aliphatic heterocycles. The van der Waals surface area contributed by atoms with Gasteiger partial charge < -0.3 is 0 Å². The normalized spacial score (nSPS) is 19.6. The molecule has 1 heterocycles. The van der Waals surface area contributed by atoms with Gasteiger partial charge in [-0.3, -0.25) is 9.59 Å². The van der Waals surface area contributed by atoms with Crippen LogP contribution < -0.4 is 4.90 Å². The van der Waals surface area contributed by atoms with E-state index >= 15 is 0 Å². The number of amides is 2. The van der Waals surface area contributed by atoms with Crippen LogP contribution in [0.3, 0.4) is 0 Å². The topological polar surface area (TPSA) is 61.2 Å². The van der Waals surface area contributed by atoms with Crippen molar-refractivity contribution >= 4 is 29.1 Å². The second-order valence-electron chi connectivity index (χ2n) is 3.95. The largest absolute Gasteiger partial charge is 0.274 e. The first-order chi connectivity index (χ1) is 8.04. The zero-order valence-electron chi connectivity index (χ0n) is 9.11. The van der Waals surface area contributed by atoms with E-state index in [-0.39, 0.29) is 35.4 Å². The Hall–Kier alpha value is -1.86. The molecule has 0 saturated carbocycles. The van der Waals surface area contributed by atoms with Crippen molar-refractivity contribution in [3.63, 3.8) is 0 Å². The lowest BCUT2D eigenvalue weighted by atomic mass is 10.1. The minimum Gasteiger partial charge on any atom is -0.274 e. The third kappa shape index (κ3) is 1.90. The Labute approximate surface area is 103 Å². The molecular weight excluding hydrogens is 240 g/mol. The van der Waals surface area contributed by atoms with Gasteiger partial charge in [0.2, 0.25) is 11.8 Å². The van der Waals surface area contributed by atoms with Gasteiger partial charge >= 0.3 is 0 Å². The number of carbonyl (C=O) groups excluding carboxylic acids is 2. The smallest absolute Gasteiger partial charge is 0.237 e. The fourth-order valence-electron chi connectivity index (χ4n) is 1.82. The van der Waals surface area contributed by atoms with Crippen LogP contribution in [0.2, 0.25) is 5.02 Å². The fraction of sp³-hybridized carbons (Fsp3) is 0.250. The zero-order valence-corrected chi connectivity index (χ0v) is 9.86. The second-order valence-corrected chi connectivity index (χ2v) is 4.38. The van der Waals surface area contributed by atoms with Crippen LogP contribution in [0.25, 0.3) is 0 Å². The first-order valence-corrected chi connectivity index (χ1v) is 5.49. The lowest BCUT2D eigenvalue weighted by molar-refractivity contribution is -0.122. The van der Waals surface area contributed by atoms with Gasteiger partial charge in [-0.15, -0.1) is 0 Å². The molecule has 0 aliphatic carbocycles. The SMILES string of the molecule is CC1CC(=O)N(c2cc(Cl)ccc2C#N)C1=O. The molecule has 5 heteroatoms. The van der Waals surface area contributed by atoms with Gasteiger partial charge in [-0.2, -0.15) is 5.26 Å². The van der Waals surface area contributed by atoms with Gasteiger partial charge in [-0.25, -0.2) is 4.90 Å². The van der Waals surface area contributed by atoms with Crippen molar-refractivity contribution in [2.75, 3.05) is 4.90 Å². The Kier molecular flexibility index (Phi) is 2.86. The van der Waals surface area contributed by atoms with Crippen molar-refractivity contribution in [2.24, 2.45) is 5.92 Å². The molecule has 86 valence electrons. The summed E-state index contributed by atoms with van der Waals surface area (Å²) < 4.78 is 0. The third-order valence-electron chi connectivity index (χ3n) is 2.69. The summed E-state index contributed by atoms with van der Waals surface area (Å²) in [6.45, 7) is 1.69. The lowest BCUT2D eigenvalue weighted by Gasteiger charge is -2.16. The van der Waals surface area contributed by atoms with E-state index in [1.54, 1.807) is 13.0 Å². The van der Waals surface area contributed by atoms with Crippen LogP contribution in [0, 0.1) is 17.2 Å². The first-order valence-electron chi connectivity index (χ1n) is 5.11. The van der Waals surface area contributed by atoms with Crippen molar-refractivity contribution in [2.45, 2.75) is 13.3 Å². The highest BCUT2D eigenvalue weighted by Crippen LogP contribution is 2.30. The number of nitriles is 1. The van der Waals surface area contributed by atoms with Crippen LogP contribution in [0.5, 0.6) is 0 Å². The molecule has 1 fully saturated rings. The van der Waals surface area contributed by atoms with Gasteiger partial charge in [0.05, 0.1) is 11.3 Å². The van der Waals surface area contributed by atoms with Gasteiger partial charge in [0.1, 0.15) is 6.07 Å². The maximum Gasteiger partial charge on any atom is 0.237 e. The van der Waals surface area contributed by atoms with E-state index in [1.807, 2.05) is 6.07 Å². The first kappa shape index (κ1) is 11.6. The minimum atomic E-state index is -0.340. The summed E-state index contributed by atoms with van der Waals surface area (Å²) in [5.74, 6) is -0.914. The zero-order chi connectivity index (χ0) is 12.6. The number of anilines is 1. The molecule has 1 aromatic carbocycles. The molecule has 1 unspecified atom stereocenters. The number of imide groups is 1. The lowest BCUT2D eigenvalue weighted by Crippen LogP contribution is -2.30. The summed E-state index contributed by atoms with van der Waals surface area (Å²) in [5, 5.41) is 9.35. The fourth-order valence-corrected chi connectivity index (χ4v) is 1.99. The van der Waals surface area contributed by atoms with E-state index in [0.29, 0.717) is 5.02 Å². The third-order valence-corrected chi connectivity index (χ3v) is 2.93. The average molecular weight is 249 g/mol. The molecule has 4 nitrogen and oxygen atoms in total. The summed E-state index contributed by atoms with van der Waals surface area (Å²) in [6, 6.07) is 6.47. The quantitative estimate of drug-likeness (QED) is 0.715. The molecule has 2 rings (SSSR count). The van der Waals surface area contributed by atoms with Crippen LogP contribution >= 0.6 is 11.6 Å². The van der Waals surface area contributed by atoms with Gasteiger partial charge in [-0.05, 0) is 18.2 Å². The molecule has 1 aromatic rings. The van der Waals surface area contributed by atoms with E-state index in [2.05, 4.69) is 0 Å². The second kappa shape index (κ2) is 4.19. The molecule has 2 amide bonds. The maximum atomic E-state index is 11.8. The summed E-state index contributed by atoms with van der Waals surface area (Å²) in [4.78, 5) is 24.6. The molecule has 1 atom stereocenters. The van der Waals surface area contributed by atoms with Gasteiger partial charge in [0, 0.05) is 17.4 Å². The van der Waals surface area contributed by atoms with E-state index in [9.17, 15) is 9.59 Å². The van der Waals surface area contributed by atoms with Crippen LogP contribution in [0.15, 0.2) is 18.2 Å². The summed E-state index contributed by atoms with van der Waals surface area (Å²) in [6.07, 6.45) is 0.177. The maximum absolute atomic E-state index is 11.8. The number of carbonyl (C=O) groups is 2. The summed E-state index contributed by atoms with van der Waals surface area (Å²) in [7, 11) is 0. The van der Waals surface area contributed by atoms with Crippen LogP contribution in [-0.4, -0.2) is 11.8 Å². The Bertz CT molecular complexity index is 548. The van der Waals surface area contributed by atoms with E-state index in [1.165, 1.54) is 12.1 Å². The number of hydrogen-bond donors (Lipinski definition) is 0. The van der Waals surface area contributed by atoms with E-state index < -0.39 is 0 Å². The predicted octanol–water partition coefficient (Wildman–Crippen LogP) is 2.11. The summed E-state index contributed by atoms with van der Waals surface area (Å²) >= 11 is 5.83. The Morgan fingerprint density at radius 1 is 1.47 bits per heavy atom. The van der Waals surface area contributed by atoms with Gasteiger partial charge in [0.15, 0.2) is 0 Å². The van der Waals surface area contributed by atoms with Crippen LogP contribution in [0.4, 0.5) is 5.69 Å². The van der Waals surface area contributed by atoms with Crippen molar-refractivity contribution < 1.29 is 9.59 Å². The highest BCUT2D eigenvalue weighted by atomic mass is 35.5. The molecule has 0 N–H and O–H groups in total. The molecule has 0 spiro atoms. The average Bonchev–Trinajstić information content (AvgIpc) is 2.53. The Balaban J connectivity index is 2.54. The molecule has 0 bridgehead atoms. The van der Waals surface area contributed by atoms with Crippen molar-refractivity contribution in [3.05, 3.63) is 28.8 Å². The molecule has 17 heavy (non-hydrogen) atoms. The van der Waals surface area contributed by atoms with Crippen LogP contribution in [0.1, 0.15) is 18.9 Å². The predicted molar refractivity (Wildman–Crippen MR) is 62.4 cm³/mol. The number of nitrogens with zero attached hydrogens (tertiary/aromatic N) is 2. The van der Waals surface area contributed by atoms with Crippen molar-refractivity contribution in [1.82, 2.24) is 0 Å². The Morgan fingerprint density at radius 2 is 2.18 bits per heavy atom. The minimum absolute atomic E-state index is 0.177. The number of hydrogen-bond acceptors (Lipinski definition) is 3. The molecule has 0 aromatic heterocycles. The van der Waals surface area contributed by atoms with E-state index in [0.717, 1.165) is 4.90 Å². The molecule has 0 radical (unpaired) electrons. The highest BCUT2D eigenvalue weighted by Gasteiger charge is 2.37. The van der Waals surface area contributed by atoms with Gasteiger partial charge in [0.25, 0.3) is 0 Å². The van der Waals surface area contributed by atoms with Gasteiger partial charge in [-0.1, -0.05) is 18.5 Å². The van der Waals surface area contributed by atoms with E-state index in [4.69, 9.17) is 16.9 Å². The standard InChI is InChI=1S/C12H9ClN2O2/c1-7-4-11(16)15(12(7)17)10-5-9(13)3-2-8(10)6-14/h2-3,5,7H,4H2,1H3. The molecule has 1 saturated heterocycles.